The molecule has 0 spiro atoms. The van der Waals surface area contributed by atoms with Crippen molar-refractivity contribution in [3.8, 4) is 0 Å². The number of hydrogen-bond acceptors (Lipinski definition) is 6. The van der Waals surface area contributed by atoms with Gasteiger partial charge in [0.1, 0.15) is 6.54 Å². The largest absolute Gasteiger partial charge is 0.337 e. The van der Waals surface area contributed by atoms with E-state index in [4.69, 9.17) is 4.52 Å². The van der Waals surface area contributed by atoms with E-state index in [0.717, 1.165) is 9.80 Å². The summed E-state index contributed by atoms with van der Waals surface area (Å²) < 4.78 is 4.84. The molecule has 1 aromatic rings. The summed E-state index contributed by atoms with van der Waals surface area (Å²) in [5.74, 6) is -1.06. The Morgan fingerprint density at radius 3 is 2.32 bits per heavy atom. The molecule has 0 unspecified atom stereocenters. The summed E-state index contributed by atoms with van der Waals surface area (Å²) in [6.07, 6.45) is 0. The molecule has 0 bridgehead atoms. The lowest BCUT2D eigenvalue weighted by atomic mass is 10.2. The van der Waals surface area contributed by atoms with Crippen molar-refractivity contribution in [1.29, 1.82) is 0 Å². The van der Waals surface area contributed by atoms with Gasteiger partial charge < -0.3 is 4.52 Å². The molecule has 0 radical (unpaired) electrons. The number of hydrogen-bond donors (Lipinski definition) is 0. The van der Waals surface area contributed by atoms with Gasteiger partial charge in [-0.1, -0.05) is 19.0 Å². The lowest BCUT2D eigenvalue weighted by Crippen LogP contribution is -2.35. The van der Waals surface area contributed by atoms with Crippen LogP contribution in [0, 0.1) is 12.8 Å². The quantitative estimate of drug-likeness (QED) is 0.575. The van der Waals surface area contributed by atoms with Gasteiger partial charge in [0.2, 0.25) is 5.89 Å². The summed E-state index contributed by atoms with van der Waals surface area (Å²) in [5, 5.41) is 3.56. The van der Waals surface area contributed by atoms with Crippen LogP contribution in [0.15, 0.2) is 4.52 Å². The van der Waals surface area contributed by atoms with Gasteiger partial charge in [0.05, 0.1) is 0 Å². The van der Waals surface area contributed by atoms with Crippen LogP contribution < -0.4 is 0 Å². The molecule has 0 aromatic carbocycles. The minimum atomic E-state index is -0.860. The molecule has 1 saturated heterocycles. The molecule has 1 aliphatic rings. The minimum absolute atomic E-state index is 0.0892. The Morgan fingerprint density at radius 2 is 1.79 bits per heavy atom. The van der Waals surface area contributed by atoms with E-state index >= 15 is 0 Å². The van der Waals surface area contributed by atoms with Crippen molar-refractivity contribution in [2.75, 3.05) is 6.54 Å². The van der Waals surface area contributed by atoms with Crippen LogP contribution in [0.5, 0.6) is 0 Å². The molecular formula is C11H14N4O4. The van der Waals surface area contributed by atoms with Crippen molar-refractivity contribution >= 4 is 17.8 Å². The summed E-state index contributed by atoms with van der Waals surface area (Å²) in [7, 11) is 0. The van der Waals surface area contributed by atoms with Crippen LogP contribution >= 0.6 is 0 Å². The first-order valence-electron chi connectivity index (χ1n) is 5.86. The monoisotopic (exact) mass is 266 g/mol. The Hall–Kier alpha value is -2.25. The van der Waals surface area contributed by atoms with Crippen LogP contribution in [-0.2, 0) is 16.1 Å². The first-order chi connectivity index (χ1) is 8.90. The molecule has 102 valence electrons. The molecule has 0 N–H and O–H groups in total. The zero-order valence-electron chi connectivity index (χ0n) is 10.9. The zero-order valence-corrected chi connectivity index (χ0v) is 10.9. The maximum atomic E-state index is 12.0. The van der Waals surface area contributed by atoms with E-state index in [1.807, 2.05) is 13.8 Å². The molecule has 1 aliphatic heterocycles. The van der Waals surface area contributed by atoms with Crippen molar-refractivity contribution in [2.24, 2.45) is 5.92 Å². The van der Waals surface area contributed by atoms with Gasteiger partial charge in [-0.15, -0.1) is 0 Å². The third-order valence-electron chi connectivity index (χ3n) is 2.55. The first-order valence-corrected chi connectivity index (χ1v) is 5.86. The van der Waals surface area contributed by atoms with Gasteiger partial charge in [0.25, 0.3) is 0 Å². The second-order valence-electron chi connectivity index (χ2n) is 4.72. The van der Waals surface area contributed by atoms with E-state index in [2.05, 4.69) is 10.1 Å². The lowest BCUT2D eigenvalue weighted by molar-refractivity contribution is -0.143. The van der Waals surface area contributed by atoms with Crippen molar-refractivity contribution in [3.05, 3.63) is 11.7 Å². The fourth-order valence-corrected chi connectivity index (χ4v) is 1.76. The second-order valence-corrected chi connectivity index (χ2v) is 4.72. The summed E-state index contributed by atoms with van der Waals surface area (Å²) in [6, 6.07) is -0.639. The Morgan fingerprint density at radius 1 is 1.16 bits per heavy atom. The van der Waals surface area contributed by atoms with Gasteiger partial charge in [-0.3, -0.25) is 14.5 Å². The predicted molar refractivity (Wildman–Crippen MR) is 61.5 cm³/mol. The predicted octanol–water partition coefficient (Wildman–Crippen LogP) is 0.325. The summed E-state index contributed by atoms with van der Waals surface area (Å²) in [6.45, 7) is 5.36. The molecule has 8 heteroatoms. The Balaban J connectivity index is 2.15. The number of amides is 4. The maximum absolute atomic E-state index is 12.0. The topological polar surface area (TPSA) is 96.6 Å². The fourth-order valence-electron chi connectivity index (χ4n) is 1.76. The fraction of sp³-hybridized carbons (Fsp3) is 0.545. The standard InChI is InChI=1S/C11H14N4O4/c1-6(2)4-14-9(16)10(17)15(11(14)18)5-8-12-7(3)13-19-8/h6H,4-5H2,1-3H3. The Kier molecular flexibility index (Phi) is 3.32. The van der Waals surface area contributed by atoms with E-state index in [1.54, 1.807) is 6.92 Å². The molecule has 8 nitrogen and oxygen atoms in total. The number of nitrogens with zero attached hydrogens (tertiary/aromatic N) is 4. The molecule has 1 fully saturated rings. The number of rotatable bonds is 4. The molecule has 19 heavy (non-hydrogen) atoms. The summed E-state index contributed by atoms with van der Waals surface area (Å²) >= 11 is 0. The van der Waals surface area contributed by atoms with Crippen LogP contribution in [0.25, 0.3) is 0 Å². The van der Waals surface area contributed by atoms with Crippen LogP contribution in [0.3, 0.4) is 0 Å². The molecule has 0 aliphatic carbocycles. The van der Waals surface area contributed by atoms with E-state index in [1.165, 1.54) is 0 Å². The molecular weight excluding hydrogens is 252 g/mol. The molecule has 1 aromatic heterocycles. The molecule has 2 heterocycles. The van der Waals surface area contributed by atoms with Crippen LogP contribution in [0.4, 0.5) is 4.79 Å². The highest BCUT2D eigenvalue weighted by molar-refractivity contribution is 6.44. The Bertz CT molecular complexity index is 537. The van der Waals surface area contributed by atoms with Crippen molar-refractivity contribution in [3.63, 3.8) is 0 Å². The van der Waals surface area contributed by atoms with Gasteiger partial charge in [-0.05, 0) is 12.8 Å². The molecule has 0 atom stereocenters. The van der Waals surface area contributed by atoms with Gasteiger partial charge in [-0.2, -0.15) is 4.98 Å². The van der Waals surface area contributed by atoms with E-state index < -0.39 is 17.8 Å². The molecule has 4 amide bonds. The lowest BCUT2D eigenvalue weighted by Gasteiger charge is -2.15. The van der Waals surface area contributed by atoms with Gasteiger partial charge in [-0.25, -0.2) is 9.69 Å². The average molecular weight is 266 g/mol. The highest BCUT2D eigenvalue weighted by atomic mass is 16.5. The SMILES string of the molecule is Cc1noc(CN2C(=O)C(=O)N(CC(C)C)C2=O)n1. The molecule has 2 rings (SSSR count). The van der Waals surface area contributed by atoms with Crippen LogP contribution in [-0.4, -0.2) is 44.3 Å². The number of imide groups is 2. The van der Waals surface area contributed by atoms with Gasteiger partial charge >= 0.3 is 17.8 Å². The first kappa shape index (κ1) is 13.2. The number of carbonyl (C=O) groups excluding carboxylic acids is 3. The average Bonchev–Trinajstić information content (AvgIpc) is 2.82. The van der Waals surface area contributed by atoms with Gasteiger partial charge in [0, 0.05) is 6.54 Å². The van der Waals surface area contributed by atoms with Crippen molar-refractivity contribution < 1.29 is 18.9 Å². The Labute approximate surface area is 109 Å². The zero-order chi connectivity index (χ0) is 14.2. The minimum Gasteiger partial charge on any atom is -0.337 e. The number of carbonyl (C=O) groups is 3. The normalized spacial score (nSPS) is 16.1. The third-order valence-corrected chi connectivity index (χ3v) is 2.55. The van der Waals surface area contributed by atoms with E-state index in [9.17, 15) is 14.4 Å². The van der Waals surface area contributed by atoms with Crippen molar-refractivity contribution in [1.82, 2.24) is 19.9 Å². The third kappa shape index (κ3) is 2.47. The summed E-state index contributed by atoms with van der Waals surface area (Å²) in [5.41, 5.74) is 0. The van der Waals surface area contributed by atoms with E-state index in [0.29, 0.717) is 5.82 Å². The van der Waals surface area contributed by atoms with Gasteiger partial charge in [0.15, 0.2) is 5.82 Å². The number of urea groups is 1. The second kappa shape index (κ2) is 4.79. The van der Waals surface area contributed by atoms with E-state index in [-0.39, 0.29) is 24.9 Å². The molecule has 0 saturated carbocycles. The number of aryl methyl sites for hydroxylation is 1. The van der Waals surface area contributed by atoms with Crippen LogP contribution in [0.1, 0.15) is 25.6 Å². The van der Waals surface area contributed by atoms with Crippen LogP contribution in [0.2, 0.25) is 0 Å². The smallest absolute Gasteiger partial charge is 0.334 e. The highest BCUT2D eigenvalue weighted by Crippen LogP contribution is 2.16. The number of aromatic nitrogens is 2. The maximum Gasteiger partial charge on any atom is 0.334 e. The summed E-state index contributed by atoms with van der Waals surface area (Å²) in [4.78, 5) is 41.1. The highest BCUT2D eigenvalue weighted by Gasteiger charge is 2.45. The van der Waals surface area contributed by atoms with Crippen molar-refractivity contribution in [2.45, 2.75) is 27.3 Å².